The first-order chi connectivity index (χ1) is 19.7. The number of primary amides is 1. The fourth-order valence-electron chi connectivity index (χ4n) is 5.53. The van der Waals surface area contributed by atoms with E-state index in [2.05, 4.69) is 5.32 Å². The largest absolute Gasteiger partial charge is 0.368 e. The molecular weight excluding hydrogens is 564 g/mol. The van der Waals surface area contributed by atoms with Crippen molar-refractivity contribution in [2.45, 2.75) is 24.9 Å². The second kappa shape index (κ2) is 11.5. The average molecular weight is 589 g/mol. The summed E-state index contributed by atoms with van der Waals surface area (Å²) in [6.07, 6.45) is 0. The first-order valence-electron chi connectivity index (χ1n) is 12.7. The normalized spacial score (nSPS) is 20.0. The summed E-state index contributed by atoms with van der Waals surface area (Å²) in [5.41, 5.74) is 7.75. The van der Waals surface area contributed by atoms with Gasteiger partial charge < -0.3 is 16.0 Å². The third-order valence-electron chi connectivity index (χ3n) is 7.17. The van der Waals surface area contributed by atoms with Crippen LogP contribution in [0.1, 0.15) is 38.3 Å². The Morgan fingerprint density at radius 2 is 1.76 bits per heavy atom. The molecule has 0 bridgehead atoms. The number of nitrogens with one attached hydrogen (secondary N) is 1. The number of hydrogen-bond donors (Lipinski definition) is 2. The van der Waals surface area contributed by atoms with Crippen molar-refractivity contribution >= 4 is 52.0 Å². The number of aryl methyl sites for hydroxylation is 1. The van der Waals surface area contributed by atoms with E-state index in [4.69, 9.17) is 17.3 Å². The van der Waals surface area contributed by atoms with Crippen LogP contribution in [0, 0.1) is 23.0 Å². The van der Waals surface area contributed by atoms with Gasteiger partial charge in [-0.05, 0) is 53.8 Å². The first kappa shape index (κ1) is 28.0. The van der Waals surface area contributed by atoms with Crippen molar-refractivity contribution in [1.29, 1.82) is 0 Å². The lowest BCUT2D eigenvalue weighted by atomic mass is 9.78. The number of amides is 3. The van der Waals surface area contributed by atoms with E-state index in [0.717, 1.165) is 5.56 Å². The summed E-state index contributed by atoms with van der Waals surface area (Å²) in [5, 5.41) is 16.7. The molecule has 4 aromatic rings. The van der Waals surface area contributed by atoms with Gasteiger partial charge in [0, 0.05) is 39.2 Å². The number of nitro groups is 1. The van der Waals surface area contributed by atoms with Crippen molar-refractivity contribution in [3.8, 4) is 0 Å². The first-order valence-corrected chi connectivity index (χ1v) is 13.9. The predicted octanol–water partition coefficient (Wildman–Crippen LogP) is 6.34. The standard InChI is InChI=1S/C30H25ClN4O5S/c1-17-6-2-10-21(14-17)33-30(38)34-26(18-7-4-11-22(16-18)35(39)40)25(28(36)19-8-3-9-20(31)15-19)24(27(34)29(32)37)23-12-5-13-41-23/h2-16,24-27H,1H3,(H2,32,37)(H,33,38). The fraction of sp³-hybridized carbons (Fsp3) is 0.167. The Hall–Kier alpha value is -4.54. The summed E-state index contributed by atoms with van der Waals surface area (Å²) in [4.78, 5) is 54.7. The Morgan fingerprint density at radius 1 is 1.00 bits per heavy atom. The van der Waals surface area contributed by atoms with E-state index >= 15 is 0 Å². The maximum atomic E-state index is 14.3. The molecule has 41 heavy (non-hydrogen) atoms. The molecule has 3 aromatic carbocycles. The Bertz CT molecular complexity index is 1640. The number of halogens is 1. The number of nitrogens with two attached hydrogens (primary N) is 1. The summed E-state index contributed by atoms with van der Waals surface area (Å²) in [6, 6.07) is 19.9. The fourth-order valence-corrected chi connectivity index (χ4v) is 6.63. The zero-order chi connectivity index (χ0) is 29.3. The molecule has 1 fully saturated rings. The van der Waals surface area contributed by atoms with Crippen LogP contribution in [0.4, 0.5) is 16.2 Å². The zero-order valence-corrected chi connectivity index (χ0v) is 23.3. The van der Waals surface area contributed by atoms with Crippen molar-refractivity contribution in [3.63, 3.8) is 0 Å². The van der Waals surface area contributed by atoms with Crippen LogP contribution in [-0.2, 0) is 4.79 Å². The monoisotopic (exact) mass is 588 g/mol. The van der Waals surface area contributed by atoms with E-state index < -0.39 is 40.8 Å². The molecule has 2 heterocycles. The molecule has 3 amide bonds. The van der Waals surface area contributed by atoms with Gasteiger partial charge in [0.2, 0.25) is 5.91 Å². The molecule has 9 nitrogen and oxygen atoms in total. The molecule has 1 aromatic heterocycles. The Morgan fingerprint density at radius 3 is 2.41 bits per heavy atom. The van der Waals surface area contributed by atoms with E-state index in [-0.39, 0.29) is 17.0 Å². The summed E-state index contributed by atoms with van der Waals surface area (Å²) < 4.78 is 0. The molecule has 1 saturated heterocycles. The summed E-state index contributed by atoms with van der Waals surface area (Å²) in [6.45, 7) is 1.87. The van der Waals surface area contributed by atoms with Gasteiger partial charge in [0.1, 0.15) is 6.04 Å². The molecule has 0 radical (unpaired) electrons. The van der Waals surface area contributed by atoms with Crippen LogP contribution in [0.5, 0.6) is 0 Å². The number of benzene rings is 3. The highest BCUT2D eigenvalue weighted by molar-refractivity contribution is 7.10. The van der Waals surface area contributed by atoms with Gasteiger partial charge in [-0.2, -0.15) is 0 Å². The van der Waals surface area contributed by atoms with Crippen LogP contribution in [0.2, 0.25) is 5.02 Å². The number of ketones is 1. The van der Waals surface area contributed by atoms with Gasteiger partial charge in [0.05, 0.1) is 16.9 Å². The molecule has 1 aliphatic heterocycles. The number of carbonyl (C=O) groups is 3. The minimum Gasteiger partial charge on any atom is -0.368 e. The van der Waals surface area contributed by atoms with Gasteiger partial charge in [-0.25, -0.2) is 4.79 Å². The number of carbonyl (C=O) groups excluding carboxylic acids is 3. The molecule has 1 aliphatic rings. The van der Waals surface area contributed by atoms with Crippen molar-refractivity contribution in [3.05, 3.63) is 127 Å². The van der Waals surface area contributed by atoms with E-state index in [1.54, 1.807) is 54.6 Å². The lowest BCUT2D eigenvalue weighted by molar-refractivity contribution is -0.385. The van der Waals surface area contributed by atoms with Crippen LogP contribution in [0.15, 0.2) is 90.3 Å². The van der Waals surface area contributed by atoms with Gasteiger partial charge in [-0.15, -0.1) is 11.3 Å². The van der Waals surface area contributed by atoms with Gasteiger partial charge in [-0.3, -0.25) is 19.7 Å². The molecule has 0 spiro atoms. The number of likely N-dealkylation sites (tertiary alicyclic amines) is 1. The van der Waals surface area contributed by atoms with Crippen LogP contribution < -0.4 is 11.1 Å². The van der Waals surface area contributed by atoms with Crippen molar-refractivity contribution < 1.29 is 19.3 Å². The quantitative estimate of drug-likeness (QED) is 0.147. The highest BCUT2D eigenvalue weighted by atomic mass is 35.5. The average Bonchev–Trinajstić information content (AvgIpc) is 3.59. The third-order valence-corrected chi connectivity index (χ3v) is 8.38. The maximum Gasteiger partial charge on any atom is 0.323 e. The number of anilines is 1. The number of hydrogen-bond acceptors (Lipinski definition) is 6. The predicted molar refractivity (Wildman–Crippen MR) is 157 cm³/mol. The molecule has 5 rings (SSSR count). The van der Waals surface area contributed by atoms with Gasteiger partial charge in [0.15, 0.2) is 5.78 Å². The number of thiophene rings is 1. The molecule has 0 aliphatic carbocycles. The molecule has 4 unspecified atom stereocenters. The number of nitrogens with zero attached hydrogens (tertiary/aromatic N) is 2. The molecular formula is C30H25ClN4O5S. The molecule has 11 heteroatoms. The minimum absolute atomic E-state index is 0.217. The number of Topliss-reactive ketones (excluding diaryl/α,β-unsaturated/α-hetero) is 1. The summed E-state index contributed by atoms with van der Waals surface area (Å²) in [7, 11) is 0. The van der Waals surface area contributed by atoms with E-state index in [9.17, 15) is 24.5 Å². The third kappa shape index (κ3) is 5.57. The number of nitro benzene ring substituents is 1. The van der Waals surface area contributed by atoms with E-state index in [1.807, 2.05) is 18.4 Å². The van der Waals surface area contributed by atoms with Crippen LogP contribution in [0.3, 0.4) is 0 Å². The number of non-ortho nitro benzene ring substituents is 1. The molecule has 208 valence electrons. The number of urea groups is 1. The maximum absolute atomic E-state index is 14.3. The second-order valence-electron chi connectivity index (χ2n) is 9.79. The lowest BCUT2D eigenvalue weighted by Gasteiger charge is -2.31. The topological polar surface area (TPSA) is 136 Å². The lowest BCUT2D eigenvalue weighted by Crippen LogP contribution is -2.48. The summed E-state index contributed by atoms with van der Waals surface area (Å²) >= 11 is 7.56. The second-order valence-corrected chi connectivity index (χ2v) is 11.2. The van der Waals surface area contributed by atoms with Crippen molar-refractivity contribution in [2.75, 3.05) is 5.32 Å². The number of rotatable bonds is 7. The van der Waals surface area contributed by atoms with Crippen LogP contribution in [0.25, 0.3) is 0 Å². The highest BCUT2D eigenvalue weighted by Gasteiger charge is 2.57. The molecule has 4 atom stereocenters. The Balaban J connectivity index is 1.73. The Labute approximate surface area is 244 Å². The molecule has 0 saturated carbocycles. The van der Waals surface area contributed by atoms with Crippen molar-refractivity contribution in [2.24, 2.45) is 11.7 Å². The van der Waals surface area contributed by atoms with Crippen LogP contribution >= 0.6 is 22.9 Å². The summed E-state index contributed by atoms with van der Waals surface area (Å²) in [5.74, 6) is -3.03. The SMILES string of the molecule is Cc1cccc(NC(=O)N2C(C(N)=O)C(c3cccs3)C(C(=O)c3cccc(Cl)c3)C2c2cccc([N+](=O)[O-])c2)c1. The molecule has 3 N–H and O–H groups in total. The van der Waals surface area contributed by atoms with Gasteiger partial charge >= 0.3 is 6.03 Å². The minimum atomic E-state index is -1.24. The van der Waals surface area contributed by atoms with E-state index in [1.165, 1.54) is 40.5 Å². The van der Waals surface area contributed by atoms with Gasteiger partial charge in [0.25, 0.3) is 5.69 Å². The van der Waals surface area contributed by atoms with Crippen LogP contribution in [-0.4, -0.2) is 33.6 Å². The smallest absolute Gasteiger partial charge is 0.323 e. The van der Waals surface area contributed by atoms with Gasteiger partial charge in [-0.1, -0.05) is 54.1 Å². The Kier molecular flexibility index (Phi) is 7.87. The van der Waals surface area contributed by atoms with E-state index in [0.29, 0.717) is 21.2 Å². The zero-order valence-electron chi connectivity index (χ0n) is 21.8. The highest BCUT2D eigenvalue weighted by Crippen LogP contribution is 2.52. The van der Waals surface area contributed by atoms with Crippen molar-refractivity contribution in [1.82, 2.24) is 4.90 Å².